The van der Waals surface area contributed by atoms with Crippen molar-refractivity contribution in [3.05, 3.63) is 0 Å². The van der Waals surface area contributed by atoms with Gasteiger partial charge in [-0.2, -0.15) is 5.26 Å². The van der Waals surface area contributed by atoms with E-state index >= 15 is 0 Å². The summed E-state index contributed by atoms with van der Waals surface area (Å²) in [5.41, 5.74) is 1.03. The standard InChI is InChI=1S/C23H35NO/c1-22-11-8-17(25)13-16(22)4-5-18-20(22)9-12-23-10-2-3-15(14-24)19(23)6-7-21(18)23/h15-21,25H,2-13H2,1H3/t15?,16-,17+,18?,19?,20?,21?,22-,23+/m0/s1. The van der Waals surface area contributed by atoms with Gasteiger partial charge in [-0.25, -0.2) is 0 Å². The molecule has 5 fully saturated rings. The Hall–Kier alpha value is -0.550. The summed E-state index contributed by atoms with van der Waals surface area (Å²) in [4.78, 5) is 0. The molecule has 0 aliphatic heterocycles. The number of nitriles is 1. The van der Waals surface area contributed by atoms with Crippen LogP contribution in [0.2, 0.25) is 0 Å². The largest absolute Gasteiger partial charge is 0.393 e. The second-order valence-electron chi connectivity index (χ2n) is 10.7. The lowest BCUT2D eigenvalue weighted by Crippen LogP contribution is -2.55. The maximum absolute atomic E-state index is 10.2. The third-order valence-electron chi connectivity index (χ3n) is 10.2. The number of fused-ring (bicyclic) bond motifs is 4. The summed E-state index contributed by atoms with van der Waals surface area (Å²) < 4.78 is 0. The highest BCUT2D eigenvalue weighted by molar-refractivity contribution is 5.14. The molecule has 5 aliphatic carbocycles. The van der Waals surface area contributed by atoms with Crippen molar-refractivity contribution in [1.29, 1.82) is 5.26 Å². The van der Waals surface area contributed by atoms with E-state index in [0.29, 0.717) is 16.7 Å². The molecule has 5 rings (SSSR count). The molecule has 1 N–H and O–H groups in total. The van der Waals surface area contributed by atoms with Crippen molar-refractivity contribution in [3.63, 3.8) is 0 Å². The second-order valence-corrected chi connectivity index (χ2v) is 10.7. The second kappa shape index (κ2) is 5.72. The number of nitrogens with zero attached hydrogens (tertiary/aromatic N) is 1. The van der Waals surface area contributed by atoms with Crippen LogP contribution in [0.3, 0.4) is 0 Å². The number of aliphatic hydroxyl groups excluding tert-OH is 1. The fourth-order valence-electron chi connectivity index (χ4n) is 9.19. The highest BCUT2D eigenvalue weighted by Crippen LogP contribution is 2.70. The highest BCUT2D eigenvalue weighted by Gasteiger charge is 2.63. The molecule has 5 unspecified atom stereocenters. The van der Waals surface area contributed by atoms with Crippen LogP contribution in [-0.2, 0) is 0 Å². The van der Waals surface area contributed by atoms with Gasteiger partial charge in [-0.05, 0) is 111 Å². The van der Waals surface area contributed by atoms with E-state index in [9.17, 15) is 10.4 Å². The molecule has 0 heterocycles. The van der Waals surface area contributed by atoms with Crippen molar-refractivity contribution in [1.82, 2.24) is 0 Å². The third kappa shape index (κ3) is 2.17. The molecule has 9 atom stereocenters. The lowest BCUT2D eigenvalue weighted by atomic mass is 9.43. The molecule has 5 saturated carbocycles. The fourth-order valence-corrected chi connectivity index (χ4v) is 9.19. The van der Waals surface area contributed by atoms with E-state index in [1.807, 2.05) is 0 Å². The van der Waals surface area contributed by atoms with Crippen LogP contribution in [0.4, 0.5) is 0 Å². The first-order chi connectivity index (χ1) is 12.1. The van der Waals surface area contributed by atoms with Gasteiger partial charge in [-0.1, -0.05) is 13.3 Å². The maximum atomic E-state index is 10.2. The maximum Gasteiger partial charge on any atom is 0.0658 e. The van der Waals surface area contributed by atoms with Crippen LogP contribution in [0.25, 0.3) is 0 Å². The lowest BCUT2D eigenvalue weighted by molar-refractivity contribution is -0.138. The number of rotatable bonds is 0. The Labute approximate surface area is 153 Å². The molecular weight excluding hydrogens is 306 g/mol. The number of aliphatic hydroxyl groups is 1. The first-order valence-corrected chi connectivity index (χ1v) is 11.2. The zero-order chi connectivity index (χ0) is 17.2. The predicted octanol–water partition coefficient (Wildman–Crippen LogP) is 5.31. The summed E-state index contributed by atoms with van der Waals surface area (Å²) in [6, 6.07) is 2.71. The Bertz CT molecular complexity index is 581. The molecular formula is C23H35NO. The van der Waals surface area contributed by atoms with Crippen LogP contribution in [0.5, 0.6) is 0 Å². The van der Waals surface area contributed by atoms with E-state index in [0.717, 1.165) is 42.4 Å². The summed E-state index contributed by atoms with van der Waals surface area (Å²) in [5, 5.41) is 19.9. The molecule has 0 aromatic carbocycles. The Morgan fingerprint density at radius 1 is 0.880 bits per heavy atom. The summed E-state index contributed by atoms with van der Waals surface area (Å²) >= 11 is 0. The molecule has 2 heteroatoms. The van der Waals surface area contributed by atoms with Gasteiger partial charge in [0.25, 0.3) is 0 Å². The summed E-state index contributed by atoms with van der Waals surface area (Å²) in [5.74, 6) is 4.57. The Morgan fingerprint density at radius 2 is 1.72 bits per heavy atom. The Balaban J connectivity index is 1.45. The molecule has 138 valence electrons. The molecule has 2 nitrogen and oxygen atoms in total. The fraction of sp³-hybridized carbons (Fsp3) is 0.957. The van der Waals surface area contributed by atoms with Gasteiger partial charge in [0, 0.05) is 5.92 Å². The molecule has 0 aromatic heterocycles. The highest BCUT2D eigenvalue weighted by atomic mass is 16.3. The number of hydrogen-bond donors (Lipinski definition) is 1. The molecule has 0 radical (unpaired) electrons. The minimum atomic E-state index is -0.0323. The molecule has 0 saturated heterocycles. The van der Waals surface area contributed by atoms with Gasteiger partial charge in [0.2, 0.25) is 0 Å². The first kappa shape index (κ1) is 16.6. The normalized spacial score (nSPS) is 57.6. The molecule has 0 amide bonds. The monoisotopic (exact) mass is 341 g/mol. The minimum absolute atomic E-state index is 0.0323. The van der Waals surface area contributed by atoms with Gasteiger partial charge >= 0.3 is 0 Å². The summed E-state index contributed by atoms with van der Waals surface area (Å²) in [6.45, 7) is 2.59. The van der Waals surface area contributed by atoms with Crippen LogP contribution in [-0.4, -0.2) is 11.2 Å². The topological polar surface area (TPSA) is 44.0 Å². The molecule has 0 bridgehead atoms. The SMILES string of the molecule is C[C@]12CC[C@@H](O)C[C@@H]1CCC1C3CCC4C(C#N)CCC[C@@]43CCC12. The molecule has 5 aliphatic rings. The van der Waals surface area contributed by atoms with Crippen molar-refractivity contribution in [3.8, 4) is 6.07 Å². The zero-order valence-electron chi connectivity index (χ0n) is 15.9. The van der Waals surface area contributed by atoms with Gasteiger partial charge in [0.05, 0.1) is 12.2 Å². The average Bonchev–Trinajstić information content (AvgIpc) is 3.02. The number of hydrogen-bond acceptors (Lipinski definition) is 2. The Kier molecular flexibility index (Phi) is 3.80. The van der Waals surface area contributed by atoms with E-state index in [-0.39, 0.29) is 6.10 Å². The van der Waals surface area contributed by atoms with Crippen molar-refractivity contribution in [2.75, 3.05) is 0 Å². The van der Waals surface area contributed by atoms with E-state index in [1.165, 1.54) is 64.2 Å². The quantitative estimate of drug-likeness (QED) is 0.649. The van der Waals surface area contributed by atoms with E-state index in [4.69, 9.17) is 0 Å². The average molecular weight is 342 g/mol. The first-order valence-electron chi connectivity index (χ1n) is 11.2. The van der Waals surface area contributed by atoms with Crippen molar-refractivity contribution in [2.45, 2.75) is 90.1 Å². The van der Waals surface area contributed by atoms with Crippen LogP contribution < -0.4 is 0 Å². The van der Waals surface area contributed by atoms with E-state index < -0.39 is 0 Å². The van der Waals surface area contributed by atoms with E-state index in [1.54, 1.807) is 0 Å². The van der Waals surface area contributed by atoms with Crippen LogP contribution in [0.15, 0.2) is 0 Å². The van der Waals surface area contributed by atoms with Crippen molar-refractivity contribution < 1.29 is 5.11 Å². The molecule has 0 aromatic rings. The van der Waals surface area contributed by atoms with Gasteiger partial charge in [-0.3, -0.25) is 0 Å². The van der Waals surface area contributed by atoms with Gasteiger partial charge in [0.15, 0.2) is 0 Å². The smallest absolute Gasteiger partial charge is 0.0658 e. The van der Waals surface area contributed by atoms with Crippen molar-refractivity contribution >= 4 is 0 Å². The van der Waals surface area contributed by atoms with Crippen molar-refractivity contribution in [2.24, 2.45) is 46.3 Å². The lowest BCUT2D eigenvalue weighted by Gasteiger charge is -2.62. The molecule has 25 heavy (non-hydrogen) atoms. The summed E-state index contributed by atoms with van der Waals surface area (Å²) in [6.07, 6.45) is 15.5. The Morgan fingerprint density at radius 3 is 2.56 bits per heavy atom. The van der Waals surface area contributed by atoms with Crippen LogP contribution in [0, 0.1) is 57.7 Å². The van der Waals surface area contributed by atoms with Crippen LogP contribution in [0.1, 0.15) is 84.0 Å². The summed E-state index contributed by atoms with van der Waals surface area (Å²) in [7, 11) is 0. The minimum Gasteiger partial charge on any atom is -0.393 e. The zero-order valence-corrected chi connectivity index (χ0v) is 15.9. The molecule has 1 spiro atoms. The van der Waals surface area contributed by atoms with Crippen LogP contribution >= 0.6 is 0 Å². The van der Waals surface area contributed by atoms with E-state index in [2.05, 4.69) is 13.0 Å². The van der Waals surface area contributed by atoms with Gasteiger partial charge < -0.3 is 5.11 Å². The predicted molar refractivity (Wildman–Crippen MR) is 98.5 cm³/mol. The van der Waals surface area contributed by atoms with Gasteiger partial charge in [0.1, 0.15) is 0 Å². The third-order valence-corrected chi connectivity index (χ3v) is 10.2. The van der Waals surface area contributed by atoms with Gasteiger partial charge in [-0.15, -0.1) is 0 Å².